The molecule has 0 radical (unpaired) electrons. The molecule has 7 heteroatoms. The molecule has 0 atom stereocenters. The van der Waals surface area contributed by atoms with E-state index in [4.69, 9.17) is 26.4 Å². The summed E-state index contributed by atoms with van der Waals surface area (Å²) in [6.07, 6.45) is 2.48. The summed E-state index contributed by atoms with van der Waals surface area (Å²) in [6.45, 7) is 5.10. The number of ether oxygens (including phenoxy) is 3. The Labute approximate surface area is 180 Å². The molecule has 0 spiro atoms. The smallest absolute Gasteiger partial charge is 0.263 e. The Hall–Kier alpha value is -2.51. The van der Waals surface area contributed by atoms with Crippen LogP contribution in [0.1, 0.15) is 23.1 Å². The van der Waals surface area contributed by atoms with Gasteiger partial charge in [-0.1, -0.05) is 42.2 Å². The zero-order chi connectivity index (χ0) is 20.8. The maximum atomic E-state index is 12.0. The van der Waals surface area contributed by atoms with E-state index < -0.39 is 0 Å². The van der Waals surface area contributed by atoms with Crippen LogP contribution in [0.4, 0.5) is 0 Å². The fraction of sp³-hybridized carbons (Fsp3) is 0.273. The fourth-order valence-electron chi connectivity index (χ4n) is 2.96. The first-order chi connectivity index (χ1) is 14.0. The molecule has 1 saturated heterocycles. The van der Waals surface area contributed by atoms with E-state index in [1.54, 1.807) is 13.2 Å². The SMILES string of the molecule is COc1cccc(C=C2SC(=S)NC2=O)c1OCCCOc1cc(C)cc(C)c1. The van der Waals surface area contributed by atoms with Crippen LogP contribution in [0.3, 0.4) is 0 Å². The molecule has 2 aromatic carbocycles. The molecule has 2 aromatic rings. The van der Waals surface area contributed by atoms with Crippen LogP contribution in [-0.2, 0) is 4.79 Å². The molecule has 1 heterocycles. The molecule has 1 aliphatic rings. The number of thiocarbonyl (C=S) groups is 1. The topological polar surface area (TPSA) is 56.8 Å². The third-order valence-corrected chi connectivity index (χ3v) is 5.32. The van der Waals surface area contributed by atoms with Gasteiger partial charge in [0.1, 0.15) is 10.1 Å². The minimum absolute atomic E-state index is 0.199. The number of carbonyl (C=O) groups excluding carboxylic acids is 1. The Bertz CT molecular complexity index is 936. The third-order valence-electron chi connectivity index (χ3n) is 4.16. The summed E-state index contributed by atoms with van der Waals surface area (Å²) in [4.78, 5) is 12.5. The average Bonchev–Trinajstić information content (AvgIpc) is 2.98. The van der Waals surface area contributed by atoms with E-state index >= 15 is 0 Å². The lowest BCUT2D eigenvalue weighted by atomic mass is 10.1. The van der Waals surface area contributed by atoms with Crippen molar-refractivity contribution in [1.29, 1.82) is 0 Å². The molecule has 1 N–H and O–H groups in total. The van der Waals surface area contributed by atoms with Crippen molar-refractivity contribution in [3.8, 4) is 17.2 Å². The van der Waals surface area contributed by atoms with Gasteiger partial charge >= 0.3 is 0 Å². The normalized spacial score (nSPS) is 14.8. The lowest BCUT2D eigenvalue weighted by Crippen LogP contribution is -2.17. The minimum atomic E-state index is -0.199. The largest absolute Gasteiger partial charge is 0.493 e. The van der Waals surface area contributed by atoms with Crippen LogP contribution in [0.15, 0.2) is 41.3 Å². The molecule has 1 amide bonds. The molecule has 0 unspecified atom stereocenters. The second kappa shape index (κ2) is 9.80. The number of amides is 1. The van der Waals surface area contributed by atoms with Crippen LogP contribution >= 0.6 is 24.0 Å². The highest BCUT2D eigenvalue weighted by molar-refractivity contribution is 8.26. The second-order valence-electron chi connectivity index (χ2n) is 6.60. The number of nitrogens with one attached hydrogen (secondary N) is 1. The maximum Gasteiger partial charge on any atom is 0.263 e. The molecule has 152 valence electrons. The minimum Gasteiger partial charge on any atom is -0.493 e. The van der Waals surface area contributed by atoms with Crippen LogP contribution in [0.5, 0.6) is 17.2 Å². The second-order valence-corrected chi connectivity index (χ2v) is 8.32. The number of rotatable bonds is 8. The molecular weight excluding hydrogens is 406 g/mol. The van der Waals surface area contributed by atoms with Crippen molar-refractivity contribution in [2.24, 2.45) is 0 Å². The van der Waals surface area contributed by atoms with Crippen LogP contribution in [0.2, 0.25) is 0 Å². The van der Waals surface area contributed by atoms with Crippen molar-refractivity contribution >= 4 is 40.3 Å². The van der Waals surface area contributed by atoms with Crippen LogP contribution in [-0.4, -0.2) is 30.6 Å². The standard InChI is InChI=1S/C22H23NO4S2/c1-14-10-15(2)12-17(11-14)26-8-5-9-27-20-16(6-4-7-18(20)25-3)13-19-21(24)23-22(28)29-19/h4,6-7,10-13H,5,8-9H2,1-3H3,(H,23,24,28). The molecule has 5 nitrogen and oxygen atoms in total. The van der Waals surface area contributed by atoms with E-state index in [2.05, 4.69) is 25.2 Å². The van der Waals surface area contributed by atoms with Crippen molar-refractivity contribution in [2.45, 2.75) is 20.3 Å². The first kappa shape index (κ1) is 21.2. The van der Waals surface area contributed by atoms with E-state index in [1.807, 2.05) is 30.3 Å². The van der Waals surface area contributed by atoms with Gasteiger partial charge in [-0.15, -0.1) is 0 Å². The third kappa shape index (κ3) is 5.74. The molecule has 3 rings (SSSR count). The Kier molecular flexibility index (Phi) is 7.17. The first-order valence-electron chi connectivity index (χ1n) is 9.22. The van der Waals surface area contributed by atoms with Crippen molar-refractivity contribution in [2.75, 3.05) is 20.3 Å². The lowest BCUT2D eigenvalue weighted by Gasteiger charge is -2.14. The van der Waals surface area contributed by atoms with Crippen molar-refractivity contribution in [1.82, 2.24) is 5.32 Å². The monoisotopic (exact) mass is 429 g/mol. The van der Waals surface area contributed by atoms with Crippen molar-refractivity contribution in [3.05, 3.63) is 58.0 Å². The summed E-state index contributed by atoms with van der Waals surface area (Å²) in [6, 6.07) is 11.7. The number of methoxy groups -OCH3 is 1. The van der Waals surface area contributed by atoms with Crippen LogP contribution < -0.4 is 19.5 Å². The van der Waals surface area contributed by atoms with Crippen molar-refractivity contribution < 1.29 is 19.0 Å². The molecule has 0 aromatic heterocycles. The van der Waals surface area contributed by atoms with E-state index in [9.17, 15) is 4.79 Å². The van der Waals surface area contributed by atoms with E-state index in [1.165, 1.54) is 22.9 Å². The van der Waals surface area contributed by atoms with Gasteiger partial charge < -0.3 is 19.5 Å². The first-order valence-corrected chi connectivity index (χ1v) is 10.4. The van der Waals surface area contributed by atoms with Gasteiger partial charge in [0.15, 0.2) is 11.5 Å². The Morgan fingerprint density at radius 2 is 1.83 bits per heavy atom. The van der Waals surface area contributed by atoms with Gasteiger partial charge in [0.05, 0.1) is 25.2 Å². The van der Waals surface area contributed by atoms with Crippen LogP contribution in [0.25, 0.3) is 6.08 Å². The predicted octanol–water partition coefficient (Wildman–Crippen LogP) is 4.65. The quantitative estimate of drug-likeness (QED) is 0.375. The van der Waals surface area contributed by atoms with Gasteiger partial charge in [-0.3, -0.25) is 4.79 Å². The number of para-hydroxylation sites is 1. The van der Waals surface area contributed by atoms with Crippen LogP contribution in [0, 0.1) is 13.8 Å². The van der Waals surface area contributed by atoms with E-state index in [0.29, 0.717) is 40.4 Å². The molecule has 0 bridgehead atoms. The Morgan fingerprint density at radius 3 is 2.48 bits per heavy atom. The van der Waals surface area contributed by atoms with Gasteiger partial charge in [0.2, 0.25) is 0 Å². The number of aryl methyl sites for hydroxylation is 2. The summed E-state index contributed by atoms with van der Waals surface area (Å²) >= 11 is 6.28. The highest BCUT2D eigenvalue weighted by Gasteiger charge is 2.23. The summed E-state index contributed by atoms with van der Waals surface area (Å²) in [5.74, 6) is 1.88. The molecule has 0 aliphatic carbocycles. The average molecular weight is 430 g/mol. The molecule has 1 fully saturated rings. The number of hydrogen-bond acceptors (Lipinski definition) is 6. The van der Waals surface area contributed by atoms with Gasteiger partial charge in [-0.2, -0.15) is 0 Å². The number of benzene rings is 2. The summed E-state index contributed by atoms with van der Waals surface area (Å²) in [5, 5.41) is 2.62. The predicted molar refractivity (Wildman–Crippen MR) is 121 cm³/mol. The highest BCUT2D eigenvalue weighted by atomic mass is 32.2. The molecular formula is C22H23NO4S2. The molecule has 0 saturated carbocycles. The number of hydrogen-bond donors (Lipinski definition) is 1. The van der Waals surface area contributed by atoms with Gasteiger partial charge in [0.25, 0.3) is 5.91 Å². The Balaban J connectivity index is 1.63. The molecule has 29 heavy (non-hydrogen) atoms. The maximum absolute atomic E-state index is 12.0. The summed E-state index contributed by atoms with van der Waals surface area (Å²) < 4.78 is 17.7. The van der Waals surface area contributed by atoms with Gasteiger partial charge in [0, 0.05) is 12.0 Å². The number of carbonyl (C=O) groups is 1. The molecule has 1 aliphatic heterocycles. The van der Waals surface area contributed by atoms with Crippen molar-refractivity contribution in [3.63, 3.8) is 0 Å². The summed E-state index contributed by atoms with van der Waals surface area (Å²) in [5.41, 5.74) is 3.12. The highest BCUT2D eigenvalue weighted by Crippen LogP contribution is 2.35. The van der Waals surface area contributed by atoms with Gasteiger partial charge in [-0.05, 0) is 49.2 Å². The fourth-order valence-corrected chi connectivity index (χ4v) is 4.00. The zero-order valence-electron chi connectivity index (χ0n) is 16.6. The van der Waals surface area contributed by atoms with Gasteiger partial charge in [-0.25, -0.2) is 0 Å². The Morgan fingerprint density at radius 1 is 1.10 bits per heavy atom. The number of thioether (sulfide) groups is 1. The summed E-state index contributed by atoms with van der Waals surface area (Å²) in [7, 11) is 1.59. The lowest BCUT2D eigenvalue weighted by molar-refractivity contribution is -0.115. The van der Waals surface area contributed by atoms with E-state index in [0.717, 1.165) is 11.3 Å². The van der Waals surface area contributed by atoms with E-state index in [-0.39, 0.29) is 5.91 Å². The zero-order valence-corrected chi connectivity index (χ0v) is 18.2.